The number of halogens is 4. The average molecular weight is 351 g/mol. The maximum absolute atomic E-state index is 12.4. The fraction of sp³-hybridized carbons (Fsp3) is 0.571. The third-order valence-electron chi connectivity index (χ3n) is 3.49. The van der Waals surface area contributed by atoms with Gasteiger partial charge in [0.05, 0.1) is 6.54 Å². The van der Waals surface area contributed by atoms with Crippen molar-refractivity contribution in [2.75, 3.05) is 37.6 Å². The molecular weight excluding hydrogens is 333 g/mol. The molecule has 0 unspecified atom stereocenters. The molecule has 2 nitrogen and oxygen atoms in total. The van der Waals surface area contributed by atoms with Crippen LogP contribution in [0.2, 0.25) is 0 Å². The van der Waals surface area contributed by atoms with Crippen LogP contribution in [-0.4, -0.2) is 43.8 Å². The van der Waals surface area contributed by atoms with E-state index in [4.69, 9.17) is 0 Å². The van der Waals surface area contributed by atoms with Crippen LogP contribution in [0.5, 0.6) is 0 Å². The summed E-state index contributed by atoms with van der Waals surface area (Å²) in [5, 5.41) is 0.757. The van der Waals surface area contributed by atoms with E-state index in [1.807, 2.05) is 13.0 Å². The molecule has 0 bridgehead atoms. The quantitative estimate of drug-likeness (QED) is 0.769. The minimum absolute atomic E-state index is 0.453. The fourth-order valence-corrected chi connectivity index (χ4v) is 2.98. The molecular formula is C14H18BrF3N2. The van der Waals surface area contributed by atoms with Crippen molar-refractivity contribution in [1.82, 2.24) is 4.90 Å². The van der Waals surface area contributed by atoms with Gasteiger partial charge in [0.2, 0.25) is 0 Å². The molecule has 1 aliphatic rings. The lowest BCUT2D eigenvalue weighted by Crippen LogP contribution is -2.49. The zero-order valence-electron chi connectivity index (χ0n) is 11.4. The molecule has 1 saturated heterocycles. The summed E-state index contributed by atoms with van der Waals surface area (Å²) in [5.74, 6) is 0. The summed E-state index contributed by atoms with van der Waals surface area (Å²) in [5.41, 5.74) is 3.51. The van der Waals surface area contributed by atoms with Crippen molar-refractivity contribution in [3.8, 4) is 0 Å². The molecule has 1 fully saturated rings. The van der Waals surface area contributed by atoms with E-state index in [2.05, 4.69) is 33.0 Å². The molecule has 0 atom stereocenters. The third-order valence-corrected chi connectivity index (χ3v) is 4.10. The van der Waals surface area contributed by atoms with Gasteiger partial charge in [0.25, 0.3) is 0 Å². The van der Waals surface area contributed by atoms with Crippen LogP contribution in [-0.2, 0) is 5.33 Å². The second-order valence-electron chi connectivity index (χ2n) is 5.14. The standard InChI is InChI=1S/C14H18BrF3N2/c1-11-2-3-13(12(8-11)9-15)20-6-4-19(5-7-20)10-14(16,17)18/h2-3,8H,4-7,9-10H2,1H3. The molecule has 1 aromatic carbocycles. The third kappa shape index (κ3) is 4.12. The molecule has 1 heterocycles. The van der Waals surface area contributed by atoms with Crippen LogP contribution in [0.4, 0.5) is 18.9 Å². The van der Waals surface area contributed by atoms with Gasteiger partial charge in [-0.2, -0.15) is 13.2 Å². The van der Waals surface area contributed by atoms with Crippen molar-refractivity contribution in [3.63, 3.8) is 0 Å². The Morgan fingerprint density at radius 2 is 1.80 bits per heavy atom. The number of nitrogens with zero attached hydrogens (tertiary/aromatic N) is 2. The van der Waals surface area contributed by atoms with E-state index in [9.17, 15) is 13.2 Å². The summed E-state index contributed by atoms with van der Waals surface area (Å²) in [4.78, 5) is 3.64. The zero-order valence-corrected chi connectivity index (χ0v) is 13.0. The van der Waals surface area contributed by atoms with Gasteiger partial charge in [-0.25, -0.2) is 0 Å². The largest absolute Gasteiger partial charge is 0.401 e. The van der Waals surface area contributed by atoms with E-state index in [1.165, 1.54) is 16.0 Å². The van der Waals surface area contributed by atoms with Gasteiger partial charge in [0.1, 0.15) is 0 Å². The second kappa shape index (κ2) is 6.35. The maximum Gasteiger partial charge on any atom is 0.401 e. The molecule has 0 N–H and O–H groups in total. The highest BCUT2D eigenvalue weighted by Gasteiger charge is 2.32. The van der Waals surface area contributed by atoms with E-state index in [0.29, 0.717) is 26.2 Å². The van der Waals surface area contributed by atoms with Crippen LogP contribution in [0.15, 0.2) is 18.2 Å². The van der Waals surface area contributed by atoms with Crippen molar-refractivity contribution in [2.45, 2.75) is 18.4 Å². The highest BCUT2D eigenvalue weighted by molar-refractivity contribution is 9.08. The highest BCUT2D eigenvalue weighted by atomic mass is 79.9. The Kier molecular flexibility index (Phi) is 4.96. The number of anilines is 1. The number of alkyl halides is 4. The SMILES string of the molecule is Cc1ccc(N2CCN(CC(F)(F)F)CC2)c(CBr)c1. The van der Waals surface area contributed by atoms with E-state index in [0.717, 1.165) is 11.0 Å². The summed E-state index contributed by atoms with van der Waals surface area (Å²) in [6, 6.07) is 6.22. The number of hydrogen-bond acceptors (Lipinski definition) is 2. The van der Waals surface area contributed by atoms with Gasteiger partial charge in [-0.1, -0.05) is 33.6 Å². The maximum atomic E-state index is 12.4. The van der Waals surface area contributed by atoms with Crippen LogP contribution in [0, 0.1) is 6.92 Å². The van der Waals surface area contributed by atoms with Crippen molar-refractivity contribution < 1.29 is 13.2 Å². The molecule has 0 amide bonds. The molecule has 0 spiro atoms. The molecule has 20 heavy (non-hydrogen) atoms. The first-order valence-corrected chi connectivity index (χ1v) is 7.71. The van der Waals surface area contributed by atoms with E-state index in [1.54, 1.807) is 0 Å². The van der Waals surface area contributed by atoms with Gasteiger partial charge in [-0.3, -0.25) is 4.90 Å². The molecule has 6 heteroatoms. The van der Waals surface area contributed by atoms with Gasteiger partial charge < -0.3 is 4.90 Å². The number of hydrogen-bond donors (Lipinski definition) is 0. The Balaban J connectivity index is 2.00. The topological polar surface area (TPSA) is 6.48 Å². The van der Waals surface area contributed by atoms with Crippen LogP contribution in [0.3, 0.4) is 0 Å². The Hall–Kier alpha value is -0.750. The van der Waals surface area contributed by atoms with Crippen molar-refractivity contribution >= 4 is 21.6 Å². The highest BCUT2D eigenvalue weighted by Crippen LogP contribution is 2.26. The van der Waals surface area contributed by atoms with Gasteiger partial charge >= 0.3 is 6.18 Å². The molecule has 0 saturated carbocycles. The minimum Gasteiger partial charge on any atom is -0.369 e. The first-order valence-electron chi connectivity index (χ1n) is 6.58. The van der Waals surface area contributed by atoms with Crippen molar-refractivity contribution in [3.05, 3.63) is 29.3 Å². The van der Waals surface area contributed by atoms with Crippen LogP contribution >= 0.6 is 15.9 Å². The predicted molar refractivity (Wildman–Crippen MR) is 78.5 cm³/mol. The molecule has 0 radical (unpaired) electrons. The minimum atomic E-state index is -4.10. The second-order valence-corrected chi connectivity index (χ2v) is 5.70. The summed E-state index contributed by atoms with van der Waals surface area (Å²) in [6.45, 7) is 3.42. The monoisotopic (exact) mass is 350 g/mol. The molecule has 1 aromatic rings. The van der Waals surface area contributed by atoms with E-state index >= 15 is 0 Å². The number of aryl methyl sites for hydroxylation is 1. The van der Waals surface area contributed by atoms with Crippen LogP contribution < -0.4 is 4.90 Å². The summed E-state index contributed by atoms with van der Waals surface area (Å²) < 4.78 is 37.1. The molecule has 1 aliphatic heterocycles. The van der Waals surface area contributed by atoms with Crippen LogP contribution in [0.1, 0.15) is 11.1 Å². The van der Waals surface area contributed by atoms with Gasteiger partial charge in [-0.15, -0.1) is 0 Å². The first kappa shape index (κ1) is 15.6. The van der Waals surface area contributed by atoms with Crippen molar-refractivity contribution in [2.24, 2.45) is 0 Å². The fourth-order valence-electron chi connectivity index (χ4n) is 2.53. The van der Waals surface area contributed by atoms with Gasteiger partial charge in [0.15, 0.2) is 0 Å². The molecule has 112 valence electrons. The molecule has 0 aromatic heterocycles. The van der Waals surface area contributed by atoms with Gasteiger partial charge in [0, 0.05) is 37.2 Å². The molecule has 0 aliphatic carbocycles. The lowest BCUT2D eigenvalue weighted by atomic mass is 10.1. The van der Waals surface area contributed by atoms with Crippen LogP contribution in [0.25, 0.3) is 0 Å². The number of rotatable bonds is 3. The lowest BCUT2D eigenvalue weighted by Gasteiger charge is -2.37. The number of benzene rings is 1. The summed E-state index contributed by atoms with van der Waals surface area (Å²) in [6.07, 6.45) is -4.10. The van der Waals surface area contributed by atoms with E-state index < -0.39 is 12.7 Å². The van der Waals surface area contributed by atoms with Gasteiger partial charge in [-0.05, 0) is 18.6 Å². The Labute approximate surface area is 125 Å². The zero-order chi connectivity index (χ0) is 14.8. The predicted octanol–water partition coefficient (Wildman–Crippen LogP) is 3.57. The Morgan fingerprint density at radius 3 is 2.35 bits per heavy atom. The lowest BCUT2D eigenvalue weighted by molar-refractivity contribution is -0.146. The first-order chi connectivity index (χ1) is 9.39. The Morgan fingerprint density at radius 1 is 1.15 bits per heavy atom. The average Bonchev–Trinajstić information content (AvgIpc) is 2.38. The Bertz CT molecular complexity index is 454. The summed E-state index contributed by atoms with van der Waals surface area (Å²) >= 11 is 3.47. The number of piperazine rings is 1. The smallest absolute Gasteiger partial charge is 0.369 e. The molecule has 2 rings (SSSR count). The van der Waals surface area contributed by atoms with E-state index in [-0.39, 0.29) is 0 Å². The van der Waals surface area contributed by atoms with Crippen molar-refractivity contribution in [1.29, 1.82) is 0 Å². The normalized spacial score (nSPS) is 17.6. The summed E-state index contributed by atoms with van der Waals surface area (Å²) in [7, 11) is 0.